The van der Waals surface area contributed by atoms with Crippen LogP contribution in [-0.2, 0) is 6.42 Å². The predicted octanol–water partition coefficient (Wildman–Crippen LogP) is 2.63. The third kappa shape index (κ3) is 2.89. The van der Waals surface area contributed by atoms with E-state index in [1.807, 2.05) is 25.1 Å². The van der Waals surface area contributed by atoms with Gasteiger partial charge in [0, 0.05) is 16.6 Å². The fourth-order valence-corrected chi connectivity index (χ4v) is 1.61. The Kier molecular flexibility index (Phi) is 4.23. The van der Waals surface area contributed by atoms with E-state index in [1.165, 1.54) is 0 Å². The fraction of sp³-hybridized carbons (Fsp3) is 0.455. The second-order valence-corrected chi connectivity index (χ2v) is 3.84. The molecule has 3 heteroatoms. The van der Waals surface area contributed by atoms with Crippen LogP contribution >= 0.6 is 11.6 Å². The van der Waals surface area contributed by atoms with Crippen LogP contribution in [0.4, 0.5) is 0 Å². The molecule has 0 aliphatic rings. The van der Waals surface area contributed by atoms with Crippen molar-refractivity contribution < 1.29 is 4.74 Å². The zero-order valence-corrected chi connectivity index (χ0v) is 9.34. The third-order valence-electron chi connectivity index (χ3n) is 2.15. The molecule has 0 unspecified atom stereocenters. The smallest absolute Gasteiger partial charge is 0.123 e. The lowest BCUT2D eigenvalue weighted by Gasteiger charge is -2.11. The molecular formula is C11H16ClNO. The first-order chi connectivity index (χ1) is 6.65. The van der Waals surface area contributed by atoms with Crippen LogP contribution in [0.2, 0.25) is 5.02 Å². The molecule has 0 amide bonds. The van der Waals surface area contributed by atoms with Crippen molar-refractivity contribution in [2.75, 3.05) is 7.11 Å². The Labute approximate surface area is 90.0 Å². The van der Waals surface area contributed by atoms with E-state index in [0.717, 1.165) is 29.2 Å². The highest BCUT2D eigenvalue weighted by Gasteiger charge is 2.07. The number of rotatable bonds is 4. The van der Waals surface area contributed by atoms with Gasteiger partial charge in [-0.1, -0.05) is 17.7 Å². The summed E-state index contributed by atoms with van der Waals surface area (Å²) in [5.74, 6) is 0.846. The van der Waals surface area contributed by atoms with Crippen LogP contribution in [0.1, 0.15) is 18.9 Å². The van der Waals surface area contributed by atoms with E-state index in [4.69, 9.17) is 22.1 Å². The zero-order chi connectivity index (χ0) is 10.6. The van der Waals surface area contributed by atoms with Gasteiger partial charge < -0.3 is 10.5 Å². The second-order valence-electron chi connectivity index (χ2n) is 3.44. The minimum absolute atomic E-state index is 0.191. The highest BCUT2D eigenvalue weighted by molar-refractivity contribution is 6.31. The van der Waals surface area contributed by atoms with Crippen molar-refractivity contribution in [3.8, 4) is 5.75 Å². The van der Waals surface area contributed by atoms with Crippen molar-refractivity contribution in [1.29, 1.82) is 0 Å². The van der Waals surface area contributed by atoms with E-state index < -0.39 is 0 Å². The van der Waals surface area contributed by atoms with Crippen molar-refractivity contribution in [3.05, 3.63) is 28.8 Å². The normalized spacial score (nSPS) is 12.6. The molecule has 0 aliphatic carbocycles. The summed E-state index contributed by atoms with van der Waals surface area (Å²) >= 11 is 6.07. The van der Waals surface area contributed by atoms with Crippen molar-refractivity contribution >= 4 is 11.6 Å². The molecule has 78 valence electrons. The van der Waals surface area contributed by atoms with Gasteiger partial charge in [-0.2, -0.15) is 0 Å². The third-order valence-corrected chi connectivity index (χ3v) is 2.50. The van der Waals surface area contributed by atoms with Crippen LogP contribution in [0.5, 0.6) is 5.75 Å². The number of hydrogen-bond donors (Lipinski definition) is 1. The zero-order valence-electron chi connectivity index (χ0n) is 8.59. The van der Waals surface area contributed by atoms with E-state index in [2.05, 4.69) is 0 Å². The number of benzene rings is 1. The van der Waals surface area contributed by atoms with Gasteiger partial charge >= 0.3 is 0 Å². The summed E-state index contributed by atoms with van der Waals surface area (Å²) < 4.78 is 5.23. The number of nitrogens with two attached hydrogens (primary N) is 1. The predicted molar refractivity (Wildman–Crippen MR) is 60.0 cm³/mol. The minimum atomic E-state index is 0.191. The van der Waals surface area contributed by atoms with Gasteiger partial charge in [-0.25, -0.2) is 0 Å². The van der Waals surface area contributed by atoms with E-state index in [0.29, 0.717) is 0 Å². The van der Waals surface area contributed by atoms with Gasteiger partial charge in [-0.15, -0.1) is 0 Å². The molecule has 0 bridgehead atoms. The number of hydrogen-bond acceptors (Lipinski definition) is 2. The molecular weight excluding hydrogens is 198 g/mol. The Morgan fingerprint density at radius 2 is 2.21 bits per heavy atom. The molecule has 14 heavy (non-hydrogen) atoms. The molecule has 1 aromatic carbocycles. The first-order valence-corrected chi connectivity index (χ1v) is 5.10. The molecule has 0 saturated heterocycles. The molecule has 0 fully saturated rings. The van der Waals surface area contributed by atoms with Gasteiger partial charge in [0.2, 0.25) is 0 Å². The average Bonchev–Trinajstić information content (AvgIpc) is 2.15. The quantitative estimate of drug-likeness (QED) is 0.835. The first-order valence-electron chi connectivity index (χ1n) is 4.72. The van der Waals surface area contributed by atoms with Crippen molar-refractivity contribution in [2.24, 2.45) is 5.73 Å². The van der Waals surface area contributed by atoms with Gasteiger partial charge in [-0.3, -0.25) is 0 Å². The van der Waals surface area contributed by atoms with Crippen molar-refractivity contribution in [2.45, 2.75) is 25.8 Å². The summed E-state index contributed by atoms with van der Waals surface area (Å²) in [4.78, 5) is 0. The average molecular weight is 214 g/mol. The Hall–Kier alpha value is -0.730. The second kappa shape index (κ2) is 5.23. The van der Waals surface area contributed by atoms with E-state index in [-0.39, 0.29) is 6.04 Å². The topological polar surface area (TPSA) is 35.2 Å². The van der Waals surface area contributed by atoms with E-state index in [1.54, 1.807) is 7.11 Å². The summed E-state index contributed by atoms with van der Waals surface area (Å²) in [6, 6.07) is 5.87. The molecule has 2 N–H and O–H groups in total. The largest absolute Gasteiger partial charge is 0.496 e. The van der Waals surface area contributed by atoms with Crippen molar-refractivity contribution in [1.82, 2.24) is 0 Å². The molecule has 1 atom stereocenters. The summed E-state index contributed by atoms with van der Waals surface area (Å²) in [7, 11) is 1.65. The van der Waals surface area contributed by atoms with E-state index in [9.17, 15) is 0 Å². The highest BCUT2D eigenvalue weighted by Crippen LogP contribution is 2.27. The molecule has 0 aromatic heterocycles. The van der Waals surface area contributed by atoms with Gasteiger partial charge in [0.15, 0.2) is 0 Å². The summed E-state index contributed by atoms with van der Waals surface area (Å²) in [5, 5.41) is 0.755. The Morgan fingerprint density at radius 1 is 1.50 bits per heavy atom. The maximum atomic E-state index is 6.07. The first kappa shape index (κ1) is 11.3. The monoisotopic (exact) mass is 213 g/mol. The van der Waals surface area contributed by atoms with Crippen molar-refractivity contribution in [3.63, 3.8) is 0 Å². The van der Waals surface area contributed by atoms with Crippen LogP contribution in [0, 0.1) is 0 Å². The Bertz CT molecular complexity index is 299. The highest BCUT2D eigenvalue weighted by atomic mass is 35.5. The van der Waals surface area contributed by atoms with Crippen LogP contribution in [0.3, 0.4) is 0 Å². The molecule has 0 saturated carbocycles. The maximum absolute atomic E-state index is 6.07. The lowest BCUT2D eigenvalue weighted by atomic mass is 10.1. The van der Waals surface area contributed by atoms with Crippen LogP contribution in [0.25, 0.3) is 0 Å². The molecule has 1 aromatic rings. The molecule has 2 nitrogen and oxygen atoms in total. The molecule has 0 spiro atoms. The van der Waals surface area contributed by atoms with Crippen LogP contribution in [-0.4, -0.2) is 13.2 Å². The SMILES string of the molecule is COc1cccc(Cl)c1CC[C@@H](C)N. The summed E-state index contributed by atoms with van der Waals surface area (Å²) in [6.45, 7) is 1.99. The fourth-order valence-electron chi connectivity index (χ4n) is 1.34. The van der Waals surface area contributed by atoms with Crippen LogP contribution < -0.4 is 10.5 Å². The standard InChI is InChI=1S/C11H16ClNO/c1-8(13)6-7-9-10(12)4-3-5-11(9)14-2/h3-5,8H,6-7,13H2,1-2H3/t8-/m1/s1. The van der Waals surface area contributed by atoms with E-state index >= 15 is 0 Å². The van der Waals surface area contributed by atoms with Crippen LogP contribution in [0.15, 0.2) is 18.2 Å². The van der Waals surface area contributed by atoms with Gasteiger partial charge in [0.25, 0.3) is 0 Å². The Morgan fingerprint density at radius 3 is 2.79 bits per heavy atom. The molecule has 1 rings (SSSR count). The van der Waals surface area contributed by atoms with Gasteiger partial charge in [0.05, 0.1) is 7.11 Å². The molecule has 0 radical (unpaired) electrons. The Balaban J connectivity index is 2.82. The molecule has 0 heterocycles. The molecule has 0 aliphatic heterocycles. The lowest BCUT2D eigenvalue weighted by molar-refractivity contribution is 0.408. The van der Waals surface area contributed by atoms with Gasteiger partial charge in [0.1, 0.15) is 5.75 Å². The maximum Gasteiger partial charge on any atom is 0.123 e. The number of halogens is 1. The summed E-state index contributed by atoms with van der Waals surface area (Å²) in [6.07, 6.45) is 1.78. The number of ether oxygens (including phenoxy) is 1. The lowest BCUT2D eigenvalue weighted by Crippen LogP contribution is -2.15. The number of methoxy groups -OCH3 is 1. The summed E-state index contributed by atoms with van der Waals surface area (Å²) in [5.41, 5.74) is 6.75. The minimum Gasteiger partial charge on any atom is -0.496 e. The van der Waals surface area contributed by atoms with Gasteiger partial charge in [-0.05, 0) is 31.9 Å².